The number of methoxy groups -OCH3 is 1. The molecule has 0 bridgehead atoms. The Kier molecular flexibility index (Phi) is 2.84. The summed E-state index contributed by atoms with van der Waals surface area (Å²) < 4.78 is 5.20. The van der Waals surface area contributed by atoms with Gasteiger partial charge in [-0.25, -0.2) is 9.97 Å². The molecule has 1 aromatic heterocycles. The van der Waals surface area contributed by atoms with Crippen molar-refractivity contribution in [2.24, 2.45) is 5.92 Å². The van der Waals surface area contributed by atoms with Gasteiger partial charge >= 0.3 is 0 Å². The Labute approximate surface area is 120 Å². The van der Waals surface area contributed by atoms with Crippen LogP contribution in [0.5, 0.6) is 5.88 Å². The number of hydrogen-bond donors (Lipinski definition) is 0. The van der Waals surface area contributed by atoms with Crippen LogP contribution in [0.2, 0.25) is 0 Å². The molecule has 108 valence electrons. The molecule has 5 heteroatoms. The van der Waals surface area contributed by atoms with Gasteiger partial charge in [-0.1, -0.05) is 0 Å². The Bertz CT molecular complexity index is 504. The van der Waals surface area contributed by atoms with Gasteiger partial charge in [0.25, 0.3) is 0 Å². The number of likely N-dealkylation sites (tertiary alicyclic amines) is 1. The van der Waals surface area contributed by atoms with Crippen molar-refractivity contribution in [3.63, 3.8) is 0 Å². The average Bonchev–Trinajstić information content (AvgIpc) is 3.18. The van der Waals surface area contributed by atoms with Gasteiger partial charge in [-0.2, -0.15) is 0 Å². The fraction of sp³-hybridized carbons (Fsp3) is 0.733. The number of hydrogen-bond acceptors (Lipinski definition) is 5. The Hall–Kier alpha value is -1.36. The minimum absolute atomic E-state index is 0.431. The van der Waals surface area contributed by atoms with Crippen molar-refractivity contribution >= 4 is 5.82 Å². The van der Waals surface area contributed by atoms with E-state index in [0.29, 0.717) is 11.4 Å². The molecule has 5 nitrogen and oxygen atoms in total. The van der Waals surface area contributed by atoms with E-state index in [1.165, 1.54) is 38.8 Å². The zero-order valence-electron chi connectivity index (χ0n) is 12.1. The van der Waals surface area contributed by atoms with Crippen LogP contribution in [-0.2, 0) is 0 Å². The van der Waals surface area contributed by atoms with Gasteiger partial charge in [0.05, 0.1) is 7.11 Å². The van der Waals surface area contributed by atoms with E-state index in [0.717, 1.165) is 24.8 Å². The highest BCUT2D eigenvalue weighted by Gasteiger charge is 2.50. The third kappa shape index (κ3) is 2.04. The molecule has 3 aliphatic rings. The lowest BCUT2D eigenvalue weighted by atomic mass is 9.83. The van der Waals surface area contributed by atoms with E-state index in [2.05, 4.69) is 19.8 Å². The van der Waals surface area contributed by atoms with Crippen molar-refractivity contribution < 1.29 is 4.74 Å². The maximum atomic E-state index is 5.20. The van der Waals surface area contributed by atoms with Gasteiger partial charge in [0.15, 0.2) is 0 Å². The normalized spacial score (nSPS) is 29.8. The Morgan fingerprint density at radius 2 is 2.15 bits per heavy atom. The molecular formula is C15H22N4O. The summed E-state index contributed by atoms with van der Waals surface area (Å²) in [7, 11) is 1.65. The van der Waals surface area contributed by atoms with Crippen LogP contribution < -0.4 is 9.64 Å². The van der Waals surface area contributed by atoms with E-state index >= 15 is 0 Å². The number of anilines is 1. The molecule has 1 aliphatic carbocycles. The van der Waals surface area contributed by atoms with Crippen LogP contribution in [0.3, 0.4) is 0 Å². The van der Waals surface area contributed by atoms with Crippen molar-refractivity contribution in [1.82, 2.24) is 14.9 Å². The fourth-order valence-corrected chi connectivity index (χ4v) is 3.61. The standard InChI is InChI=1S/C15H22N4O/c1-20-14-8-13(16-11-17-14)18-6-4-15(10-18)5-7-19(15)9-12-2-3-12/h8,11-12H,2-7,9-10H2,1H3/t15-/m1/s1. The Balaban J connectivity index is 1.46. The van der Waals surface area contributed by atoms with Crippen LogP contribution in [0.1, 0.15) is 25.7 Å². The number of rotatable bonds is 4. The summed E-state index contributed by atoms with van der Waals surface area (Å²) in [6.45, 7) is 4.82. The largest absolute Gasteiger partial charge is 0.481 e. The van der Waals surface area contributed by atoms with Crippen molar-refractivity contribution in [2.45, 2.75) is 31.2 Å². The van der Waals surface area contributed by atoms with Gasteiger partial charge in [-0.05, 0) is 31.6 Å². The summed E-state index contributed by atoms with van der Waals surface area (Å²) in [5, 5.41) is 0. The monoisotopic (exact) mass is 274 g/mol. The molecule has 2 saturated heterocycles. The van der Waals surface area contributed by atoms with Crippen molar-refractivity contribution in [1.29, 1.82) is 0 Å². The highest BCUT2D eigenvalue weighted by atomic mass is 16.5. The molecule has 0 aromatic carbocycles. The van der Waals surface area contributed by atoms with E-state index in [-0.39, 0.29) is 0 Å². The average molecular weight is 274 g/mol. The second-order valence-corrected chi connectivity index (χ2v) is 6.45. The van der Waals surface area contributed by atoms with Crippen LogP contribution in [0, 0.1) is 5.92 Å². The molecule has 1 spiro atoms. The first-order valence-electron chi connectivity index (χ1n) is 7.65. The summed E-state index contributed by atoms with van der Waals surface area (Å²) >= 11 is 0. The highest BCUT2D eigenvalue weighted by Crippen LogP contribution is 2.43. The minimum Gasteiger partial charge on any atom is -0.481 e. The molecule has 1 atom stereocenters. The smallest absolute Gasteiger partial charge is 0.218 e. The first-order valence-corrected chi connectivity index (χ1v) is 7.65. The Morgan fingerprint density at radius 1 is 1.30 bits per heavy atom. The van der Waals surface area contributed by atoms with Crippen molar-refractivity contribution in [3.8, 4) is 5.88 Å². The molecular weight excluding hydrogens is 252 g/mol. The van der Waals surface area contributed by atoms with E-state index in [4.69, 9.17) is 4.74 Å². The van der Waals surface area contributed by atoms with E-state index in [9.17, 15) is 0 Å². The molecule has 4 rings (SSSR count). The summed E-state index contributed by atoms with van der Waals surface area (Å²) in [6, 6.07) is 1.95. The molecule has 1 saturated carbocycles. The predicted octanol–water partition coefficient (Wildman–Crippen LogP) is 1.55. The lowest BCUT2D eigenvalue weighted by Crippen LogP contribution is -2.61. The number of aromatic nitrogens is 2. The second-order valence-electron chi connectivity index (χ2n) is 6.45. The fourth-order valence-electron chi connectivity index (χ4n) is 3.61. The first-order chi connectivity index (χ1) is 9.79. The van der Waals surface area contributed by atoms with Gasteiger partial charge in [-0.3, -0.25) is 4.90 Å². The first kappa shape index (κ1) is 12.4. The van der Waals surface area contributed by atoms with Crippen molar-refractivity contribution in [2.75, 3.05) is 38.2 Å². The zero-order valence-corrected chi connectivity index (χ0v) is 12.1. The third-order valence-electron chi connectivity index (χ3n) is 5.19. The van der Waals surface area contributed by atoms with Gasteiger partial charge in [0.1, 0.15) is 12.1 Å². The van der Waals surface area contributed by atoms with Crippen molar-refractivity contribution in [3.05, 3.63) is 12.4 Å². The Morgan fingerprint density at radius 3 is 2.85 bits per heavy atom. The summed E-state index contributed by atoms with van der Waals surface area (Å²) in [5.74, 6) is 2.65. The quantitative estimate of drug-likeness (QED) is 0.833. The topological polar surface area (TPSA) is 41.5 Å². The van der Waals surface area contributed by atoms with E-state index in [1.807, 2.05) is 6.07 Å². The second kappa shape index (κ2) is 4.58. The molecule has 0 amide bonds. The lowest BCUT2D eigenvalue weighted by molar-refractivity contribution is -0.000856. The maximum Gasteiger partial charge on any atom is 0.218 e. The number of nitrogens with zero attached hydrogens (tertiary/aromatic N) is 4. The summed E-state index contributed by atoms with van der Waals surface area (Å²) in [4.78, 5) is 13.6. The summed E-state index contributed by atoms with van der Waals surface area (Å²) in [6.07, 6.45) is 7.10. The molecule has 1 aromatic rings. The highest BCUT2D eigenvalue weighted by molar-refractivity contribution is 5.43. The molecule has 0 unspecified atom stereocenters. The van der Waals surface area contributed by atoms with Gasteiger partial charge in [0.2, 0.25) is 5.88 Å². The van der Waals surface area contributed by atoms with Gasteiger partial charge < -0.3 is 9.64 Å². The maximum absolute atomic E-state index is 5.20. The minimum atomic E-state index is 0.431. The van der Waals surface area contributed by atoms with Crippen LogP contribution in [0.25, 0.3) is 0 Å². The predicted molar refractivity (Wildman–Crippen MR) is 77.1 cm³/mol. The molecule has 3 fully saturated rings. The van der Waals surface area contributed by atoms with Crippen LogP contribution >= 0.6 is 0 Å². The summed E-state index contributed by atoms with van der Waals surface area (Å²) in [5.41, 5.74) is 0.431. The molecule has 0 N–H and O–H groups in total. The van der Waals surface area contributed by atoms with E-state index in [1.54, 1.807) is 13.4 Å². The third-order valence-corrected chi connectivity index (χ3v) is 5.19. The van der Waals surface area contributed by atoms with Crippen LogP contribution in [0.15, 0.2) is 12.4 Å². The SMILES string of the molecule is COc1cc(N2CC[C@@]3(CCN3CC3CC3)C2)ncn1. The van der Waals surface area contributed by atoms with E-state index < -0.39 is 0 Å². The number of ether oxygens (including phenoxy) is 1. The molecule has 0 radical (unpaired) electrons. The van der Waals surface area contributed by atoms with Gasteiger partial charge in [0, 0.05) is 37.8 Å². The lowest BCUT2D eigenvalue weighted by Gasteiger charge is -2.51. The zero-order chi connectivity index (χ0) is 13.6. The molecule has 3 heterocycles. The van der Waals surface area contributed by atoms with Gasteiger partial charge in [-0.15, -0.1) is 0 Å². The van der Waals surface area contributed by atoms with Crippen LogP contribution in [0.4, 0.5) is 5.82 Å². The van der Waals surface area contributed by atoms with Crippen LogP contribution in [-0.4, -0.2) is 53.7 Å². The molecule has 20 heavy (non-hydrogen) atoms. The molecule has 2 aliphatic heterocycles.